The number of pyridine rings is 1. The molecule has 0 radical (unpaired) electrons. The maximum absolute atomic E-state index is 9.77. The summed E-state index contributed by atoms with van der Waals surface area (Å²) in [6.45, 7) is 7.43. The first kappa shape index (κ1) is 25.8. The van der Waals surface area contributed by atoms with E-state index in [2.05, 4.69) is 31.9 Å². The Labute approximate surface area is 193 Å². The molecule has 0 bridgehead atoms. The van der Waals surface area contributed by atoms with Crippen LogP contribution in [-0.2, 0) is 9.59 Å². The highest BCUT2D eigenvalue weighted by atomic mass is 32.2. The maximum atomic E-state index is 9.77. The highest BCUT2D eigenvalue weighted by molar-refractivity contribution is 8.01. The van der Waals surface area contributed by atoms with Crippen molar-refractivity contribution in [2.24, 2.45) is 0 Å². The van der Waals surface area contributed by atoms with Gasteiger partial charge < -0.3 is 31.1 Å². The third-order valence-corrected chi connectivity index (χ3v) is 6.89. The van der Waals surface area contributed by atoms with Crippen molar-refractivity contribution >= 4 is 46.0 Å². The number of thioether (sulfide) groups is 1. The summed E-state index contributed by atoms with van der Waals surface area (Å²) < 4.78 is 1.25. The number of piperazine rings is 1. The fourth-order valence-electron chi connectivity index (χ4n) is 2.82. The van der Waals surface area contributed by atoms with E-state index in [1.165, 1.54) is 4.21 Å². The van der Waals surface area contributed by atoms with Crippen LogP contribution >= 0.6 is 23.1 Å². The number of anilines is 2. The van der Waals surface area contributed by atoms with Crippen molar-refractivity contribution in [3.8, 4) is 0 Å². The minimum Gasteiger partial charge on any atom is -0.479 e. The second kappa shape index (κ2) is 12.6. The van der Waals surface area contributed by atoms with Crippen molar-refractivity contribution in [1.29, 1.82) is 0 Å². The number of aliphatic hydroxyl groups is 2. The van der Waals surface area contributed by atoms with Gasteiger partial charge >= 0.3 is 11.9 Å². The maximum Gasteiger partial charge on any atom is 0.335 e. The predicted octanol–water partition coefficient (Wildman–Crippen LogP) is 0.220. The molecule has 2 aromatic rings. The van der Waals surface area contributed by atoms with Gasteiger partial charge in [-0.1, -0.05) is 17.4 Å². The molecule has 0 aliphatic carbocycles. The van der Waals surface area contributed by atoms with Gasteiger partial charge in [0.25, 0.3) is 0 Å². The van der Waals surface area contributed by atoms with Crippen LogP contribution in [0.4, 0.5) is 10.9 Å². The fraction of sp³-hybridized carbons (Fsp3) is 0.474. The number of carbonyl (C=O) groups is 2. The van der Waals surface area contributed by atoms with Gasteiger partial charge in [-0.3, -0.25) is 4.90 Å². The van der Waals surface area contributed by atoms with Gasteiger partial charge in [0.15, 0.2) is 17.3 Å². The number of nitrogens with zero attached hydrogens (tertiary/aromatic N) is 4. The number of hydrogen-bond donors (Lipinski definition) is 5. The van der Waals surface area contributed by atoms with Crippen LogP contribution in [-0.4, -0.2) is 97.9 Å². The van der Waals surface area contributed by atoms with Gasteiger partial charge in [0.2, 0.25) is 0 Å². The third kappa shape index (κ3) is 7.91. The largest absolute Gasteiger partial charge is 0.479 e. The van der Waals surface area contributed by atoms with Crippen molar-refractivity contribution in [1.82, 2.24) is 14.9 Å². The average molecular weight is 486 g/mol. The van der Waals surface area contributed by atoms with Gasteiger partial charge in [0.05, 0.1) is 9.90 Å². The van der Waals surface area contributed by atoms with E-state index in [-0.39, 0.29) is 0 Å². The molecular formula is C19H27N5O6S2. The zero-order valence-electron chi connectivity index (χ0n) is 17.5. The molecule has 0 saturated carbocycles. The van der Waals surface area contributed by atoms with E-state index in [4.69, 9.17) is 26.2 Å². The van der Waals surface area contributed by atoms with Crippen molar-refractivity contribution in [2.45, 2.75) is 23.3 Å². The monoisotopic (exact) mass is 485 g/mol. The highest BCUT2D eigenvalue weighted by Gasteiger charge is 2.29. The van der Waals surface area contributed by atoms with Gasteiger partial charge in [-0.15, -0.1) is 11.8 Å². The smallest absolute Gasteiger partial charge is 0.335 e. The van der Waals surface area contributed by atoms with E-state index in [0.29, 0.717) is 5.13 Å². The zero-order chi connectivity index (χ0) is 23.7. The Morgan fingerprint density at radius 2 is 1.78 bits per heavy atom. The summed E-state index contributed by atoms with van der Waals surface area (Å²) in [5, 5.41) is 33.2. The lowest BCUT2D eigenvalue weighted by molar-refractivity contribution is -0.165. The summed E-state index contributed by atoms with van der Waals surface area (Å²) in [5.74, 6) is -1.36. The van der Waals surface area contributed by atoms with Crippen LogP contribution in [0.3, 0.4) is 0 Å². The van der Waals surface area contributed by atoms with Crippen LogP contribution in [0.5, 0.6) is 0 Å². The number of nitrogen functional groups attached to an aromatic ring is 1. The molecule has 176 valence electrons. The van der Waals surface area contributed by atoms with Crippen LogP contribution < -0.4 is 10.6 Å². The summed E-state index contributed by atoms with van der Waals surface area (Å²) in [5.41, 5.74) is 6.80. The molecule has 0 amide bonds. The molecule has 3 rings (SSSR count). The van der Waals surface area contributed by atoms with Crippen LogP contribution in [0, 0.1) is 6.92 Å². The average Bonchev–Trinajstić information content (AvgIpc) is 3.10. The fourth-order valence-corrected chi connectivity index (χ4v) is 4.91. The summed E-state index contributed by atoms with van der Waals surface area (Å²) in [6, 6.07) is 6.10. The first-order valence-electron chi connectivity index (χ1n) is 9.74. The minimum atomic E-state index is -2.27. The standard InChI is InChI=1S/C15H21N5S2.C4H6O6/c1-12-14(22-15(16)18-12)21-11-10-19-6-8-20(9-7-19)13-4-2-3-5-17-13;5-1(3(7)8)2(6)4(9)10/h2-5H,6-11H2,1H3,(H2,16,18);1-2,5-6H,(H,7,8)(H,9,10). The van der Waals surface area contributed by atoms with E-state index in [1.807, 2.05) is 30.9 Å². The lowest BCUT2D eigenvalue weighted by Gasteiger charge is -2.35. The summed E-state index contributed by atoms with van der Waals surface area (Å²) in [4.78, 5) is 33.1. The number of aryl methyl sites for hydroxylation is 1. The number of aromatic nitrogens is 2. The molecule has 1 fully saturated rings. The third-order valence-electron chi connectivity index (χ3n) is 4.56. The number of carboxylic acid groups (broad SMARTS) is 2. The molecule has 3 heterocycles. The Morgan fingerprint density at radius 3 is 2.25 bits per heavy atom. The molecule has 0 spiro atoms. The predicted molar refractivity (Wildman–Crippen MR) is 122 cm³/mol. The number of hydrogen-bond acceptors (Lipinski definition) is 11. The topological polar surface area (TPSA) is 173 Å². The van der Waals surface area contributed by atoms with E-state index < -0.39 is 24.1 Å². The SMILES string of the molecule is Cc1nc(N)sc1SCCN1CCN(c2ccccn2)CC1.O=C(O)C(O)C(O)C(=O)O. The van der Waals surface area contributed by atoms with Crippen LogP contribution in [0.25, 0.3) is 0 Å². The zero-order valence-corrected chi connectivity index (χ0v) is 19.1. The second-order valence-corrected chi connectivity index (χ2v) is 9.25. The van der Waals surface area contributed by atoms with Crippen molar-refractivity contribution < 1.29 is 30.0 Å². The molecular weight excluding hydrogens is 458 g/mol. The molecule has 1 saturated heterocycles. The Morgan fingerprint density at radius 1 is 1.16 bits per heavy atom. The van der Waals surface area contributed by atoms with Gasteiger partial charge in [-0.25, -0.2) is 19.6 Å². The van der Waals surface area contributed by atoms with Gasteiger partial charge in [0.1, 0.15) is 5.82 Å². The van der Waals surface area contributed by atoms with Gasteiger partial charge in [-0.05, 0) is 19.1 Å². The number of aliphatic carboxylic acids is 2. The Hall–Kier alpha value is -2.45. The van der Waals surface area contributed by atoms with E-state index in [0.717, 1.165) is 50.0 Å². The van der Waals surface area contributed by atoms with E-state index in [9.17, 15) is 9.59 Å². The normalized spacial score (nSPS) is 16.0. The van der Waals surface area contributed by atoms with E-state index in [1.54, 1.807) is 11.3 Å². The van der Waals surface area contributed by atoms with Gasteiger partial charge in [-0.2, -0.15) is 0 Å². The molecule has 1 aliphatic heterocycles. The van der Waals surface area contributed by atoms with Crippen molar-refractivity contribution in [3.63, 3.8) is 0 Å². The number of carboxylic acids is 2. The minimum absolute atomic E-state index is 0.670. The summed E-state index contributed by atoms with van der Waals surface area (Å²) >= 11 is 3.46. The number of nitrogens with two attached hydrogens (primary N) is 1. The second-order valence-electron chi connectivity index (χ2n) is 6.86. The van der Waals surface area contributed by atoms with Gasteiger partial charge in [0, 0.05) is 44.7 Å². The molecule has 0 aromatic carbocycles. The summed E-state index contributed by atoms with van der Waals surface area (Å²) in [7, 11) is 0. The Balaban J connectivity index is 0.000000309. The van der Waals surface area contributed by atoms with E-state index >= 15 is 0 Å². The lowest BCUT2D eigenvalue weighted by atomic mass is 10.2. The first-order chi connectivity index (χ1) is 15.2. The first-order valence-corrected chi connectivity index (χ1v) is 11.5. The molecule has 6 N–H and O–H groups in total. The molecule has 11 nitrogen and oxygen atoms in total. The Kier molecular flexibility index (Phi) is 10.1. The van der Waals surface area contributed by atoms with Crippen LogP contribution in [0.15, 0.2) is 28.6 Å². The van der Waals surface area contributed by atoms with Crippen LogP contribution in [0.2, 0.25) is 0 Å². The molecule has 13 heteroatoms. The molecule has 2 unspecified atom stereocenters. The quantitative estimate of drug-likeness (QED) is 0.322. The number of rotatable bonds is 8. The molecule has 2 atom stereocenters. The van der Waals surface area contributed by atoms with Crippen molar-refractivity contribution in [3.05, 3.63) is 30.1 Å². The summed E-state index contributed by atoms with van der Waals surface area (Å²) in [6.07, 6.45) is -2.67. The van der Waals surface area contributed by atoms with Crippen LogP contribution in [0.1, 0.15) is 5.69 Å². The number of thiazole rings is 1. The molecule has 32 heavy (non-hydrogen) atoms. The highest BCUT2D eigenvalue weighted by Crippen LogP contribution is 2.30. The lowest BCUT2D eigenvalue weighted by Crippen LogP contribution is -2.47. The van der Waals surface area contributed by atoms with Crippen molar-refractivity contribution in [2.75, 3.05) is 49.1 Å². The Bertz CT molecular complexity index is 858. The number of aliphatic hydroxyl groups excluding tert-OH is 2. The molecule has 2 aromatic heterocycles. The molecule has 1 aliphatic rings.